The van der Waals surface area contributed by atoms with Gasteiger partial charge in [-0.15, -0.1) is 12.4 Å². The van der Waals surface area contributed by atoms with Gasteiger partial charge in [-0.1, -0.05) is 6.42 Å². The number of carbonyl (C=O) groups excluding carboxylic acids is 1. The van der Waals surface area contributed by atoms with E-state index in [1.54, 1.807) is 16.8 Å². The van der Waals surface area contributed by atoms with Crippen molar-refractivity contribution in [2.75, 3.05) is 6.54 Å². The third-order valence-corrected chi connectivity index (χ3v) is 4.60. The molecule has 1 heterocycles. The molecule has 0 radical (unpaired) electrons. The highest BCUT2D eigenvalue weighted by molar-refractivity contribution is 5.85. The Hall–Kier alpha value is -1.92. The fourth-order valence-electron chi connectivity index (χ4n) is 3.19. The van der Waals surface area contributed by atoms with Crippen molar-refractivity contribution in [3.63, 3.8) is 0 Å². The molecule has 136 valence electrons. The Bertz CT molecular complexity index is 689. The molecule has 1 aliphatic rings. The van der Waals surface area contributed by atoms with Gasteiger partial charge in [0.1, 0.15) is 5.82 Å². The van der Waals surface area contributed by atoms with Crippen LogP contribution in [0.4, 0.5) is 4.39 Å². The molecule has 0 unspecified atom stereocenters. The van der Waals surface area contributed by atoms with E-state index in [0.717, 1.165) is 30.6 Å². The van der Waals surface area contributed by atoms with Crippen molar-refractivity contribution in [2.24, 2.45) is 11.7 Å². The molecule has 1 amide bonds. The Kier molecular flexibility index (Phi) is 6.96. The predicted octanol–water partition coefficient (Wildman–Crippen LogP) is 2.61. The van der Waals surface area contributed by atoms with Gasteiger partial charge in [-0.05, 0) is 49.1 Å². The molecule has 1 aromatic heterocycles. The van der Waals surface area contributed by atoms with Crippen LogP contribution in [0, 0.1) is 11.7 Å². The molecule has 0 saturated heterocycles. The van der Waals surface area contributed by atoms with Crippen molar-refractivity contribution in [1.82, 2.24) is 15.1 Å². The lowest BCUT2D eigenvalue weighted by molar-refractivity contribution is -0.122. The Morgan fingerprint density at radius 1 is 1.28 bits per heavy atom. The summed E-state index contributed by atoms with van der Waals surface area (Å²) in [7, 11) is 0. The summed E-state index contributed by atoms with van der Waals surface area (Å²) in [4.78, 5) is 12.0. The van der Waals surface area contributed by atoms with Gasteiger partial charge in [0.15, 0.2) is 0 Å². The fourth-order valence-corrected chi connectivity index (χ4v) is 3.19. The van der Waals surface area contributed by atoms with Gasteiger partial charge in [0.2, 0.25) is 5.91 Å². The summed E-state index contributed by atoms with van der Waals surface area (Å²) in [6.45, 7) is 0.557. The first kappa shape index (κ1) is 19.4. The van der Waals surface area contributed by atoms with E-state index >= 15 is 0 Å². The van der Waals surface area contributed by atoms with Crippen molar-refractivity contribution >= 4 is 18.3 Å². The van der Waals surface area contributed by atoms with Crippen molar-refractivity contribution in [1.29, 1.82) is 0 Å². The first-order valence-electron chi connectivity index (χ1n) is 8.44. The fraction of sp³-hybridized carbons (Fsp3) is 0.444. The number of carbonyl (C=O) groups is 1. The predicted molar refractivity (Wildman–Crippen MR) is 97.4 cm³/mol. The van der Waals surface area contributed by atoms with Crippen LogP contribution in [0.5, 0.6) is 0 Å². The summed E-state index contributed by atoms with van der Waals surface area (Å²) < 4.78 is 14.6. The molecule has 7 heteroatoms. The first-order chi connectivity index (χ1) is 11.6. The van der Waals surface area contributed by atoms with E-state index < -0.39 is 0 Å². The highest BCUT2D eigenvalue weighted by Crippen LogP contribution is 2.26. The number of rotatable bonds is 6. The lowest BCUT2D eigenvalue weighted by Gasteiger charge is -2.14. The number of halogens is 2. The zero-order valence-electron chi connectivity index (χ0n) is 14.0. The molecule has 3 N–H and O–H groups in total. The maximum atomic E-state index is 12.9. The average Bonchev–Trinajstić information content (AvgIpc) is 3.18. The smallest absolute Gasteiger partial charge is 0.220 e. The summed E-state index contributed by atoms with van der Waals surface area (Å²) in [6.07, 6.45) is 6.22. The van der Waals surface area contributed by atoms with Gasteiger partial charge in [-0.3, -0.25) is 4.79 Å². The van der Waals surface area contributed by atoms with Gasteiger partial charge >= 0.3 is 0 Å². The quantitative estimate of drug-likeness (QED) is 0.825. The first-order valence-corrected chi connectivity index (χ1v) is 8.44. The molecule has 5 nitrogen and oxygen atoms in total. The van der Waals surface area contributed by atoms with Crippen molar-refractivity contribution in [3.05, 3.63) is 48.0 Å². The van der Waals surface area contributed by atoms with Gasteiger partial charge in [0.05, 0.1) is 11.4 Å². The molecular formula is C18H24ClFN4O. The van der Waals surface area contributed by atoms with Gasteiger partial charge in [-0.25, -0.2) is 9.07 Å². The number of aromatic nitrogens is 2. The lowest BCUT2D eigenvalue weighted by Crippen LogP contribution is -2.32. The maximum absolute atomic E-state index is 12.9. The number of nitrogens with zero attached hydrogens (tertiary/aromatic N) is 2. The Morgan fingerprint density at radius 2 is 2.04 bits per heavy atom. The minimum absolute atomic E-state index is 0. The van der Waals surface area contributed by atoms with Crippen LogP contribution in [0.1, 0.15) is 31.4 Å². The second-order valence-electron chi connectivity index (χ2n) is 6.39. The van der Waals surface area contributed by atoms with Gasteiger partial charge in [0.25, 0.3) is 0 Å². The van der Waals surface area contributed by atoms with Crippen LogP contribution in [0.15, 0.2) is 36.5 Å². The summed E-state index contributed by atoms with van der Waals surface area (Å²) in [5, 5.41) is 7.39. The number of hydrogen-bond acceptors (Lipinski definition) is 3. The minimum atomic E-state index is -0.268. The van der Waals surface area contributed by atoms with Crippen molar-refractivity contribution in [3.8, 4) is 5.69 Å². The van der Waals surface area contributed by atoms with Crippen LogP contribution in [0.3, 0.4) is 0 Å². The van der Waals surface area contributed by atoms with E-state index in [1.807, 2.05) is 12.3 Å². The molecule has 0 aliphatic heterocycles. The molecular weight excluding hydrogens is 343 g/mol. The van der Waals surface area contributed by atoms with E-state index in [0.29, 0.717) is 25.3 Å². The second-order valence-corrected chi connectivity index (χ2v) is 6.39. The number of nitrogens with one attached hydrogen (secondary N) is 1. The van der Waals surface area contributed by atoms with Crippen molar-refractivity contribution < 1.29 is 9.18 Å². The molecule has 2 atom stereocenters. The zero-order chi connectivity index (χ0) is 16.9. The number of nitrogens with two attached hydrogens (primary N) is 1. The van der Waals surface area contributed by atoms with Crippen molar-refractivity contribution in [2.45, 2.75) is 38.1 Å². The third-order valence-electron chi connectivity index (χ3n) is 4.60. The van der Waals surface area contributed by atoms with Crippen LogP contribution in [-0.4, -0.2) is 28.3 Å². The van der Waals surface area contributed by atoms with E-state index in [4.69, 9.17) is 5.73 Å². The van der Waals surface area contributed by atoms with Crippen LogP contribution >= 0.6 is 12.4 Å². The maximum Gasteiger partial charge on any atom is 0.220 e. The van der Waals surface area contributed by atoms with Gasteiger partial charge < -0.3 is 11.1 Å². The number of hydrogen-bond donors (Lipinski definition) is 2. The SMILES string of the molecule is Cl.N[C@@H]1CCC[C@H]1CC(=O)NCCc1ccn(-c2ccc(F)cc2)n1. The molecule has 0 spiro atoms. The molecule has 3 rings (SSSR count). The van der Waals surface area contributed by atoms with Gasteiger partial charge in [0, 0.05) is 31.6 Å². The highest BCUT2D eigenvalue weighted by atomic mass is 35.5. The molecule has 1 fully saturated rings. The van der Waals surface area contributed by atoms with E-state index in [1.165, 1.54) is 12.1 Å². The topological polar surface area (TPSA) is 72.9 Å². The third kappa shape index (κ3) is 5.28. The van der Waals surface area contributed by atoms with Crippen LogP contribution < -0.4 is 11.1 Å². The summed E-state index contributed by atoms with van der Waals surface area (Å²) >= 11 is 0. The van der Waals surface area contributed by atoms with Crippen LogP contribution in [0.25, 0.3) is 5.69 Å². The Balaban J connectivity index is 0.00000225. The molecule has 1 saturated carbocycles. The second kappa shape index (κ2) is 8.97. The normalized spacial score (nSPS) is 19.4. The summed E-state index contributed by atoms with van der Waals surface area (Å²) in [5.74, 6) is 0.119. The largest absolute Gasteiger partial charge is 0.356 e. The molecule has 1 aliphatic carbocycles. The lowest BCUT2D eigenvalue weighted by atomic mass is 10.00. The molecule has 2 aromatic rings. The summed E-state index contributed by atoms with van der Waals surface area (Å²) in [5.41, 5.74) is 7.69. The molecule has 1 aromatic carbocycles. The van der Waals surface area contributed by atoms with E-state index in [2.05, 4.69) is 10.4 Å². The average molecular weight is 367 g/mol. The zero-order valence-corrected chi connectivity index (χ0v) is 14.8. The van der Waals surface area contributed by atoms with E-state index in [9.17, 15) is 9.18 Å². The number of amides is 1. The Morgan fingerprint density at radius 3 is 2.72 bits per heavy atom. The summed E-state index contributed by atoms with van der Waals surface area (Å²) in [6, 6.07) is 8.25. The molecule has 0 bridgehead atoms. The Labute approximate surface area is 153 Å². The highest BCUT2D eigenvalue weighted by Gasteiger charge is 2.25. The van der Waals surface area contributed by atoms with Gasteiger partial charge in [-0.2, -0.15) is 5.10 Å². The molecule has 25 heavy (non-hydrogen) atoms. The number of benzene rings is 1. The van der Waals surface area contributed by atoms with Crippen LogP contribution in [0.2, 0.25) is 0 Å². The monoisotopic (exact) mass is 366 g/mol. The van der Waals surface area contributed by atoms with E-state index in [-0.39, 0.29) is 30.2 Å². The minimum Gasteiger partial charge on any atom is -0.356 e. The standard InChI is InChI=1S/C18H23FN4O.ClH/c19-14-4-6-16(7-5-14)23-11-9-15(22-23)8-10-21-18(24)12-13-2-1-3-17(13)20;/h4-7,9,11,13,17H,1-3,8,10,12,20H2,(H,21,24);1H/t13-,17+;/m0./s1. The van der Waals surface area contributed by atoms with Crippen LogP contribution in [-0.2, 0) is 11.2 Å².